The average Bonchev–Trinajstić information content (AvgIpc) is 2.94. The molecule has 1 aromatic carbocycles. The van der Waals surface area contributed by atoms with Crippen molar-refractivity contribution in [2.24, 2.45) is 0 Å². The van der Waals surface area contributed by atoms with Crippen LogP contribution in [0, 0.1) is 0 Å². The molecule has 112 valence electrons. The van der Waals surface area contributed by atoms with Crippen molar-refractivity contribution in [3.8, 4) is 0 Å². The molecular weight excluding hydrogens is 286 g/mol. The Bertz CT molecular complexity index is 613. The number of rotatable bonds is 5. The van der Waals surface area contributed by atoms with Crippen LogP contribution in [0.4, 0.5) is 15.6 Å². The second kappa shape index (κ2) is 7.14. The minimum atomic E-state index is -0.317. The van der Waals surface area contributed by atoms with Crippen LogP contribution in [-0.4, -0.2) is 23.3 Å². The normalized spacial score (nSPS) is 12.0. The lowest BCUT2D eigenvalue weighted by atomic mass is 10.1. The predicted molar refractivity (Wildman–Crippen MR) is 85.8 cm³/mol. The molecule has 0 aliphatic heterocycles. The summed E-state index contributed by atoms with van der Waals surface area (Å²) in [6, 6.07) is 7.64. The number of nitrogens with one attached hydrogen (secondary N) is 3. The van der Waals surface area contributed by atoms with Crippen LogP contribution in [-0.2, 0) is 6.42 Å². The van der Waals surface area contributed by atoms with E-state index in [1.54, 1.807) is 0 Å². The Morgan fingerprint density at radius 3 is 2.81 bits per heavy atom. The van der Waals surface area contributed by atoms with Gasteiger partial charge in [0.15, 0.2) is 0 Å². The average molecular weight is 305 g/mol. The monoisotopic (exact) mass is 305 g/mol. The van der Waals surface area contributed by atoms with Crippen molar-refractivity contribution in [1.82, 2.24) is 15.5 Å². The van der Waals surface area contributed by atoms with Crippen LogP contribution < -0.4 is 16.0 Å². The molecule has 2 amide bonds. The van der Waals surface area contributed by atoms with E-state index >= 15 is 0 Å². The fraction of sp³-hybridized carbons (Fsp3) is 0.357. The van der Waals surface area contributed by atoms with E-state index in [9.17, 15) is 4.79 Å². The minimum Gasteiger partial charge on any atom is -0.313 e. The van der Waals surface area contributed by atoms with Crippen molar-refractivity contribution < 1.29 is 4.79 Å². The lowest BCUT2D eigenvalue weighted by Gasteiger charge is -2.12. The number of hydrogen-bond acceptors (Lipinski definition) is 5. The van der Waals surface area contributed by atoms with Crippen molar-refractivity contribution in [2.45, 2.75) is 26.3 Å². The number of benzene rings is 1. The summed E-state index contributed by atoms with van der Waals surface area (Å²) in [4.78, 5) is 11.9. The fourth-order valence-corrected chi connectivity index (χ4v) is 2.43. The van der Waals surface area contributed by atoms with Gasteiger partial charge in [-0.15, -0.1) is 10.2 Å². The van der Waals surface area contributed by atoms with Crippen molar-refractivity contribution in [3.05, 3.63) is 34.8 Å². The zero-order valence-electron chi connectivity index (χ0n) is 12.3. The third kappa shape index (κ3) is 4.24. The molecule has 1 unspecified atom stereocenters. The van der Waals surface area contributed by atoms with Crippen LogP contribution in [0.5, 0.6) is 0 Å². The van der Waals surface area contributed by atoms with Crippen molar-refractivity contribution in [2.75, 3.05) is 17.7 Å². The lowest BCUT2D eigenvalue weighted by molar-refractivity contribution is 0.262. The zero-order valence-corrected chi connectivity index (χ0v) is 13.1. The van der Waals surface area contributed by atoms with E-state index in [4.69, 9.17) is 0 Å². The van der Waals surface area contributed by atoms with E-state index < -0.39 is 0 Å². The Kier molecular flexibility index (Phi) is 5.24. The van der Waals surface area contributed by atoms with E-state index in [0.717, 1.165) is 22.7 Å². The van der Waals surface area contributed by atoms with Gasteiger partial charge in [0.1, 0.15) is 5.01 Å². The standard InChI is InChI=1S/C14H19N5OS/c1-4-12-18-19-14(21-12)17-13(20)16-11-7-5-6-10(8-11)9(2)15-3/h5-9,15H,4H2,1-3H3,(H2,16,17,19,20). The van der Waals surface area contributed by atoms with Crippen LogP contribution >= 0.6 is 11.3 Å². The molecule has 0 aliphatic rings. The summed E-state index contributed by atoms with van der Waals surface area (Å²) < 4.78 is 0. The second-order valence-electron chi connectivity index (χ2n) is 4.57. The van der Waals surface area contributed by atoms with E-state index in [0.29, 0.717) is 5.13 Å². The first-order chi connectivity index (χ1) is 10.1. The van der Waals surface area contributed by atoms with Gasteiger partial charge in [-0.2, -0.15) is 0 Å². The van der Waals surface area contributed by atoms with Crippen LogP contribution in [0.2, 0.25) is 0 Å². The Balaban J connectivity index is 1.99. The first-order valence-corrected chi connectivity index (χ1v) is 7.61. The number of nitrogens with zero attached hydrogens (tertiary/aromatic N) is 2. The number of amides is 2. The summed E-state index contributed by atoms with van der Waals surface area (Å²) >= 11 is 1.38. The Labute approximate surface area is 128 Å². The highest BCUT2D eigenvalue weighted by Crippen LogP contribution is 2.18. The smallest absolute Gasteiger partial charge is 0.313 e. The van der Waals surface area contributed by atoms with E-state index in [-0.39, 0.29) is 12.1 Å². The summed E-state index contributed by atoms with van der Waals surface area (Å²) in [6.07, 6.45) is 0.810. The molecule has 6 nitrogen and oxygen atoms in total. The van der Waals surface area contributed by atoms with Gasteiger partial charge in [-0.1, -0.05) is 30.4 Å². The fourth-order valence-electron chi connectivity index (χ4n) is 1.76. The number of aryl methyl sites for hydroxylation is 1. The number of anilines is 2. The third-order valence-corrected chi connectivity index (χ3v) is 4.05. The van der Waals surface area contributed by atoms with Gasteiger partial charge in [-0.3, -0.25) is 5.32 Å². The third-order valence-electron chi connectivity index (χ3n) is 3.07. The summed E-state index contributed by atoms with van der Waals surface area (Å²) in [5.74, 6) is 0. The molecule has 0 fully saturated rings. The molecule has 0 bridgehead atoms. The second-order valence-corrected chi connectivity index (χ2v) is 5.63. The van der Waals surface area contributed by atoms with Gasteiger partial charge < -0.3 is 10.6 Å². The highest BCUT2D eigenvalue weighted by molar-refractivity contribution is 7.15. The maximum Gasteiger partial charge on any atom is 0.325 e. The topological polar surface area (TPSA) is 78.9 Å². The quantitative estimate of drug-likeness (QED) is 0.793. The van der Waals surface area contributed by atoms with Gasteiger partial charge in [0.25, 0.3) is 0 Å². The number of aromatic nitrogens is 2. The molecule has 1 aromatic heterocycles. The van der Waals surface area contributed by atoms with Crippen molar-refractivity contribution in [1.29, 1.82) is 0 Å². The van der Waals surface area contributed by atoms with Gasteiger partial charge in [0, 0.05) is 11.7 Å². The molecular formula is C14H19N5OS. The van der Waals surface area contributed by atoms with Gasteiger partial charge in [0.05, 0.1) is 0 Å². The van der Waals surface area contributed by atoms with Crippen LogP contribution in [0.25, 0.3) is 0 Å². The zero-order chi connectivity index (χ0) is 15.2. The van der Waals surface area contributed by atoms with E-state index in [1.165, 1.54) is 11.3 Å². The van der Waals surface area contributed by atoms with Gasteiger partial charge >= 0.3 is 6.03 Å². The van der Waals surface area contributed by atoms with E-state index in [2.05, 4.69) is 33.1 Å². The largest absolute Gasteiger partial charge is 0.325 e. The van der Waals surface area contributed by atoms with Gasteiger partial charge in [-0.25, -0.2) is 4.79 Å². The number of urea groups is 1. The van der Waals surface area contributed by atoms with Gasteiger partial charge in [-0.05, 0) is 38.1 Å². The molecule has 0 saturated carbocycles. The molecule has 2 rings (SSSR count). The predicted octanol–water partition coefficient (Wildman–Crippen LogP) is 3.02. The first kappa shape index (κ1) is 15.4. The molecule has 7 heteroatoms. The molecule has 1 heterocycles. The van der Waals surface area contributed by atoms with Gasteiger partial charge in [0.2, 0.25) is 5.13 Å². The lowest BCUT2D eigenvalue weighted by Crippen LogP contribution is -2.19. The molecule has 0 radical (unpaired) electrons. The highest BCUT2D eigenvalue weighted by Gasteiger charge is 2.08. The Hall–Kier alpha value is -1.99. The summed E-state index contributed by atoms with van der Waals surface area (Å²) in [6.45, 7) is 4.06. The van der Waals surface area contributed by atoms with Crippen LogP contribution in [0.1, 0.15) is 30.5 Å². The molecule has 0 aliphatic carbocycles. The molecule has 2 aromatic rings. The summed E-state index contributed by atoms with van der Waals surface area (Å²) in [5, 5.41) is 17.9. The molecule has 0 saturated heterocycles. The minimum absolute atomic E-state index is 0.227. The SMILES string of the molecule is CCc1nnc(NC(=O)Nc2cccc(C(C)NC)c2)s1. The van der Waals surface area contributed by atoms with E-state index in [1.807, 2.05) is 38.2 Å². The molecule has 0 spiro atoms. The number of hydrogen-bond donors (Lipinski definition) is 3. The maximum absolute atomic E-state index is 11.9. The first-order valence-electron chi connectivity index (χ1n) is 6.80. The van der Waals surface area contributed by atoms with Crippen molar-refractivity contribution >= 4 is 28.2 Å². The molecule has 1 atom stereocenters. The van der Waals surface area contributed by atoms with Crippen molar-refractivity contribution in [3.63, 3.8) is 0 Å². The number of carbonyl (C=O) groups excluding carboxylic acids is 1. The van der Waals surface area contributed by atoms with Crippen LogP contribution in [0.15, 0.2) is 24.3 Å². The highest BCUT2D eigenvalue weighted by atomic mass is 32.1. The molecule has 21 heavy (non-hydrogen) atoms. The summed E-state index contributed by atoms with van der Waals surface area (Å²) in [5.41, 5.74) is 1.85. The molecule has 3 N–H and O–H groups in total. The maximum atomic E-state index is 11.9. The summed E-state index contributed by atoms with van der Waals surface area (Å²) in [7, 11) is 1.90. The number of carbonyl (C=O) groups is 1. The Morgan fingerprint density at radius 2 is 2.14 bits per heavy atom. The Morgan fingerprint density at radius 1 is 1.33 bits per heavy atom. The van der Waals surface area contributed by atoms with Crippen LogP contribution in [0.3, 0.4) is 0 Å².